The van der Waals surface area contributed by atoms with Gasteiger partial charge in [0.1, 0.15) is 0 Å². The molecule has 0 saturated carbocycles. The molecule has 0 amide bonds. The van der Waals surface area contributed by atoms with Crippen molar-refractivity contribution in [2.24, 2.45) is 0 Å². The highest BCUT2D eigenvalue weighted by Gasteiger charge is 2.25. The van der Waals surface area contributed by atoms with Crippen molar-refractivity contribution in [3.63, 3.8) is 0 Å². The first-order chi connectivity index (χ1) is 32.1. The molecule has 0 fully saturated rings. The van der Waals surface area contributed by atoms with Crippen molar-refractivity contribution in [2.45, 2.75) is 24.7 Å². The van der Waals surface area contributed by atoms with Crippen molar-refractivity contribution in [3.8, 4) is 33.4 Å². The van der Waals surface area contributed by atoms with Gasteiger partial charge in [0, 0.05) is 21.4 Å². The summed E-state index contributed by atoms with van der Waals surface area (Å²) in [5, 5.41) is 17.3. The number of allylic oxidation sites excluding steroid dienone is 3. The van der Waals surface area contributed by atoms with Gasteiger partial charge in [0.2, 0.25) is 0 Å². The minimum atomic E-state index is 0.330. The predicted octanol–water partition coefficient (Wildman–Crippen LogP) is 18.1. The van der Waals surface area contributed by atoms with E-state index in [1.165, 1.54) is 141 Å². The van der Waals surface area contributed by atoms with Crippen LogP contribution in [0.25, 0.3) is 126 Å². The van der Waals surface area contributed by atoms with Crippen LogP contribution < -0.4 is 0 Å². The Morgan fingerprint density at radius 3 is 1.88 bits per heavy atom. The van der Waals surface area contributed by atoms with Gasteiger partial charge in [-0.15, -0.1) is 11.3 Å². The van der Waals surface area contributed by atoms with Crippen molar-refractivity contribution < 1.29 is 0 Å². The number of rotatable bonds is 4. The second-order valence-corrected chi connectivity index (χ2v) is 19.8. The monoisotopic (exact) mass is 840 g/mol. The maximum Gasteiger partial charge on any atom is 0.0352 e. The third kappa shape index (κ3) is 5.37. The van der Waals surface area contributed by atoms with Crippen LogP contribution in [0.15, 0.2) is 188 Å². The van der Waals surface area contributed by atoms with Crippen LogP contribution in [0.2, 0.25) is 0 Å². The highest BCUT2D eigenvalue weighted by molar-refractivity contribution is 7.20. The normalized spacial score (nSPS) is 16.3. The summed E-state index contributed by atoms with van der Waals surface area (Å²) >= 11 is 1.93. The molecule has 1 aromatic heterocycles. The van der Waals surface area contributed by atoms with Gasteiger partial charge >= 0.3 is 0 Å². The van der Waals surface area contributed by atoms with E-state index in [0.717, 1.165) is 12.8 Å². The summed E-state index contributed by atoms with van der Waals surface area (Å²) < 4.78 is 1.37. The number of thiophene rings is 1. The maximum absolute atomic E-state index is 2.45. The van der Waals surface area contributed by atoms with Crippen molar-refractivity contribution in [1.82, 2.24) is 0 Å². The zero-order valence-corrected chi connectivity index (χ0v) is 36.4. The van der Waals surface area contributed by atoms with Crippen LogP contribution in [0.4, 0.5) is 0 Å². The molecule has 0 bridgehead atoms. The van der Waals surface area contributed by atoms with E-state index in [9.17, 15) is 0 Å². The van der Waals surface area contributed by atoms with E-state index < -0.39 is 0 Å². The van der Waals surface area contributed by atoms with E-state index in [2.05, 4.69) is 206 Å². The lowest BCUT2D eigenvalue weighted by Crippen LogP contribution is -2.07. The summed E-state index contributed by atoms with van der Waals surface area (Å²) in [6.45, 7) is 0. The first-order valence-corrected chi connectivity index (χ1v) is 23.9. The maximum atomic E-state index is 2.45. The van der Waals surface area contributed by atoms with E-state index in [1.54, 1.807) is 0 Å². The fraction of sp³-hybridized carbons (Fsp3) is 0.0625. The van der Waals surface area contributed by atoms with Gasteiger partial charge in [0.25, 0.3) is 0 Å². The summed E-state index contributed by atoms with van der Waals surface area (Å²) in [5.74, 6) is 0.808. The highest BCUT2D eigenvalue weighted by atomic mass is 32.1. The van der Waals surface area contributed by atoms with Gasteiger partial charge in [0.05, 0.1) is 0 Å². The van der Waals surface area contributed by atoms with Gasteiger partial charge in [-0.1, -0.05) is 170 Å². The van der Waals surface area contributed by atoms with E-state index >= 15 is 0 Å². The Balaban J connectivity index is 0.729. The van der Waals surface area contributed by atoms with E-state index in [0.29, 0.717) is 11.8 Å². The number of benzene rings is 11. The lowest BCUT2D eigenvalue weighted by atomic mass is 9.77. The fourth-order valence-electron chi connectivity index (χ4n) is 12.0. The van der Waals surface area contributed by atoms with Gasteiger partial charge in [-0.25, -0.2) is 0 Å². The van der Waals surface area contributed by atoms with Gasteiger partial charge in [0.15, 0.2) is 0 Å². The second-order valence-electron chi connectivity index (χ2n) is 18.7. The molecule has 0 saturated heterocycles. The third-order valence-electron chi connectivity index (χ3n) is 15.2. The predicted molar refractivity (Wildman–Crippen MR) is 282 cm³/mol. The molecule has 1 heterocycles. The molecule has 2 atom stereocenters. The summed E-state index contributed by atoms with van der Waals surface area (Å²) in [4.78, 5) is 1.40. The first kappa shape index (κ1) is 35.8. The fourth-order valence-corrected chi connectivity index (χ4v) is 13.1. The zero-order valence-electron chi connectivity index (χ0n) is 35.6. The summed E-state index contributed by atoms with van der Waals surface area (Å²) in [5.41, 5.74) is 14.8. The van der Waals surface area contributed by atoms with Crippen molar-refractivity contribution in [3.05, 3.63) is 221 Å². The number of hydrogen-bond acceptors (Lipinski definition) is 1. The van der Waals surface area contributed by atoms with Crippen molar-refractivity contribution >= 4 is 104 Å². The zero-order chi connectivity index (χ0) is 42.3. The Morgan fingerprint density at radius 2 is 1.03 bits per heavy atom. The molecule has 15 rings (SSSR count). The first-order valence-electron chi connectivity index (χ1n) is 23.1. The molecular weight excluding hydrogens is 801 g/mol. The molecule has 0 radical (unpaired) electrons. The van der Waals surface area contributed by atoms with Crippen molar-refractivity contribution in [2.75, 3.05) is 0 Å². The van der Waals surface area contributed by atoms with Gasteiger partial charge in [-0.05, 0) is 180 Å². The molecule has 3 aliphatic rings. The molecule has 11 aromatic carbocycles. The topological polar surface area (TPSA) is 0 Å². The molecule has 65 heavy (non-hydrogen) atoms. The molecule has 0 N–H and O–H groups in total. The summed E-state index contributed by atoms with van der Waals surface area (Å²) in [6.07, 6.45) is 16.3. The van der Waals surface area contributed by atoms with Crippen LogP contribution in [-0.2, 0) is 6.42 Å². The Hall–Kier alpha value is -7.58. The molecule has 0 spiro atoms. The van der Waals surface area contributed by atoms with Crippen LogP contribution in [0.3, 0.4) is 0 Å². The lowest BCUT2D eigenvalue weighted by Gasteiger charge is -2.27. The second kappa shape index (κ2) is 13.5. The van der Waals surface area contributed by atoms with E-state index in [1.807, 2.05) is 11.3 Å². The van der Waals surface area contributed by atoms with Crippen LogP contribution in [0, 0.1) is 0 Å². The van der Waals surface area contributed by atoms with Crippen LogP contribution >= 0.6 is 11.3 Å². The van der Waals surface area contributed by atoms with Crippen LogP contribution in [0.5, 0.6) is 0 Å². The standard InChI is InChI=1S/C64H40S/c1-3-37-7-9-41-19-25-53(55-27-21-39(5-1)61(37)63(41)55)51-17-15-43-31-45(11-13-47(43)33-51)49-23-29-59-57(35-49)58-36-50(24-30-60(58)65-59)46-12-14-48-34-52(18-16-44(48)32-46)54-26-20-42-10-8-38-4-2-6-40-22-28-56(54)64(42)62(38)40/h1-5,7-34,36,40,49H,6,35H2. The minimum Gasteiger partial charge on any atom is -0.136 e. The van der Waals surface area contributed by atoms with Gasteiger partial charge < -0.3 is 0 Å². The van der Waals surface area contributed by atoms with Crippen LogP contribution in [-0.4, -0.2) is 0 Å². The Bertz CT molecular complexity index is 4120. The Kier molecular flexibility index (Phi) is 7.43. The lowest BCUT2D eigenvalue weighted by molar-refractivity contribution is 0.838. The molecule has 302 valence electrons. The third-order valence-corrected chi connectivity index (χ3v) is 16.4. The smallest absolute Gasteiger partial charge is 0.0352 e. The van der Waals surface area contributed by atoms with Gasteiger partial charge in [-0.2, -0.15) is 0 Å². The van der Waals surface area contributed by atoms with E-state index in [-0.39, 0.29) is 0 Å². The summed E-state index contributed by atoms with van der Waals surface area (Å²) in [6, 6.07) is 64.9. The number of fused-ring (bicyclic) bond motifs is 5. The molecule has 0 aliphatic heterocycles. The highest BCUT2D eigenvalue weighted by Crippen LogP contribution is 2.47. The molecule has 3 aliphatic carbocycles. The molecule has 2 unspecified atom stereocenters. The van der Waals surface area contributed by atoms with Crippen molar-refractivity contribution in [1.29, 1.82) is 0 Å². The molecule has 0 nitrogen and oxygen atoms in total. The molecular formula is C64H40S. The largest absolute Gasteiger partial charge is 0.136 e. The summed E-state index contributed by atoms with van der Waals surface area (Å²) in [7, 11) is 0. The number of hydrogen-bond donors (Lipinski definition) is 0. The van der Waals surface area contributed by atoms with Gasteiger partial charge in [-0.3, -0.25) is 0 Å². The SMILES string of the molecule is C1=Cc2ccc3ccc(-c4ccc5cc(-c6ccc7sc8c(c7c6)CC(c6ccc7cc(-c9ccc%10ccc%11cccc%12ccc9c%10c%11%12)ccc7c6)C=C8)ccc5c4)c4c3c2C(C=C4)C1. The quantitative estimate of drug-likeness (QED) is 0.155. The minimum absolute atomic E-state index is 0.330. The Labute approximate surface area is 381 Å². The van der Waals surface area contributed by atoms with E-state index in [4.69, 9.17) is 0 Å². The van der Waals surface area contributed by atoms with Crippen LogP contribution in [0.1, 0.15) is 51.0 Å². The molecule has 1 heteroatoms. The Morgan fingerprint density at radius 1 is 0.415 bits per heavy atom. The molecule has 12 aromatic rings. The average Bonchev–Trinajstić information content (AvgIpc) is 3.74. The average molecular weight is 841 g/mol.